The average molecular weight is 474 g/mol. The van der Waals surface area contributed by atoms with Crippen LogP contribution in [-0.4, -0.2) is 39.1 Å². The Morgan fingerprint density at radius 1 is 0.875 bits per heavy atom. The van der Waals surface area contributed by atoms with Crippen molar-refractivity contribution in [2.24, 2.45) is 0 Å². The molecule has 0 aliphatic heterocycles. The van der Waals surface area contributed by atoms with Crippen molar-refractivity contribution in [1.29, 1.82) is 0 Å². The SMILES string of the molecule is O=C(O)c1ccc(NC(Cc2ccc(NC(=O)c3c(Cl)cncc3Cl)cc2)C(=O)O)cc1. The van der Waals surface area contributed by atoms with Crippen molar-refractivity contribution in [3.8, 4) is 0 Å². The zero-order chi connectivity index (χ0) is 23.3. The first kappa shape index (κ1) is 23.1. The first-order valence-corrected chi connectivity index (χ1v) is 10.0. The Kier molecular flexibility index (Phi) is 7.29. The van der Waals surface area contributed by atoms with Crippen LogP contribution in [0.15, 0.2) is 60.9 Å². The van der Waals surface area contributed by atoms with Crippen molar-refractivity contribution in [2.45, 2.75) is 12.5 Å². The normalized spacial score (nSPS) is 11.4. The van der Waals surface area contributed by atoms with Gasteiger partial charge in [-0.15, -0.1) is 0 Å². The highest BCUT2D eigenvalue weighted by Crippen LogP contribution is 2.24. The third-order valence-electron chi connectivity index (χ3n) is 4.50. The predicted molar refractivity (Wildman–Crippen MR) is 121 cm³/mol. The van der Waals surface area contributed by atoms with Crippen molar-refractivity contribution in [2.75, 3.05) is 10.6 Å². The lowest BCUT2D eigenvalue weighted by atomic mass is 10.0. The molecule has 3 aromatic rings. The molecule has 0 saturated heterocycles. The average Bonchev–Trinajstić information content (AvgIpc) is 2.74. The van der Waals surface area contributed by atoms with Crippen LogP contribution in [0.5, 0.6) is 0 Å². The molecule has 3 rings (SSSR count). The molecule has 1 unspecified atom stereocenters. The molecule has 1 amide bonds. The van der Waals surface area contributed by atoms with E-state index in [0.717, 1.165) is 0 Å². The van der Waals surface area contributed by atoms with Crippen LogP contribution in [0.4, 0.5) is 11.4 Å². The van der Waals surface area contributed by atoms with Crippen molar-refractivity contribution in [1.82, 2.24) is 4.98 Å². The van der Waals surface area contributed by atoms with Crippen molar-refractivity contribution in [3.63, 3.8) is 0 Å². The molecule has 8 nitrogen and oxygen atoms in total. The van der Waals surface area contributed by atoms with Gasteiger partial charge in [-0.25, -0.2) is 9.59 Å². The van der Waals surface area contributed by atoms with Gasteiger partial charge in [-0.3, -0.25) is 9.78 Å². The van der Waals surface area contributed by atoms with Gasteiger partial charge in [0.2, 0.25) is 0 Å². The number of hydrogen-bond donors (Lipinski definition) is 4. The lowest BCUT2D eigenvalue weighted by Gasteiger charge is -2.16. The molecule has 0 saturated carbocycles. The molecule has 1 aromatic heterocycles. The number of carboxylic acids is 2. The maximum absolute atomic E-state index is 12.4. The lowest BCUT2D eigenvalue weighted by molar-refractivity contribution is -0.137. The van der Waals surface area contributed by atoms with Gasteiger partial charge in [-0.05, 0) is 42.0 Å². The fraction of sp³-hybridized carbons (Fsp3) is 0.0909. The number of anilines is 2. The predicted octanol–water partition coefficient (Wildman–Crippen LogP) is 4.45. The van der Waals surface area contributed by atoms with E-state index < -0.39 is 23.9 Å². The van der Waals surface area contributed by atoms with Gasteiger partial charge in [-0.2, -0.15) is 0 Å². The quantitative estimate of drug-likeness (QED) is 0.380. The number of hydrogen-bond acceptors (Lipinski definition) is 5. The summed E-state index contributed by atoms with van der Waals surface area (Å²) in [6.45, 7) is 0. The molecule has 4 N–H and O–H groups in total. The van der Waals surface area contributed by atoms with Crippen LogP contribution in [0.25, 0.3) is 0 Å². The molecular weight excluding hydrogens is 457 g/mol. The Hall–Kier alpha value is -3.62. The van der Waals surface area contributed by atoms with E-state index in [0.29, 0.717) is 16.9 Å². The molecule has 164 valence electrons. The van der Waals surface area contributed by atoms with Gasteiger partial charge in [0.25, 0.3) is 5.91 Å². The van der Waals surface area contributed by atoms with Crippen molar-refractivity contribution >= 4 is 52.4 Å². The monoisotopic (exact) mass is 473 g/mol. The summed E-state index contributed by atoms with van der Waals surface area (Å²) in [5.41, 5.74) is 1.89. The number of carbonyl (C=O) groups excluding carboxylic acids is 1. The summed E-state index contributed by atoms with van der Waals surface area (Å²) in [6.07, 6.45) is 2.80. The minimum atomic E-state index is -1.06. The van der Waals surface area contributed by atoms with Crippen LogP contribution in [0.1, 0.15) is 26.3 Å². The molecule has 0 bridgehead atoms. The minimum Gasteiger partial charge on any atom is -0.480 e. The van der Waals surface area contributed by atoms with E-state index in [1.165, 1.54) is 36.7 Å². The topological polar surface area (TPSA) is 129 Å². The molecule has 0 aliphatic rings. The molecule has 0 spiro atoms. The number of nitrogens with one attached hydrogen (secondary N) is 2. The van der Waals surface area contributed by atoms with Crippen LogP contribution < -0.4 is 10.6 Å². The molecule has 0 fully saturated rings. The minimum absolute atomic E-state index is 0.106. The van der Waals surface area contributed by atoms with Gasteiger partial charge in [0.1, 0.15) is 6.04 Å². The smallest absolute Gasteiger partial charge is 0.335 e. The largest absolute Gasteiger partial charge is 0.480 e. The first-order chi connectivity index (χ1) is 15.2. The van der Waals surface area contributed by atoms with E-state index in [-0.39, 0.29) is 27.6 Å². The number of carbonyl (C=O) groups is 3. The van der Waals surface area contributed by atoms with E-state index in [9.17, 15) is 19.5 Å². The molecule has 32 heavy (non-hydrogen) atoms. The zero-order valence-corrected chi connectivity index (χ0v) is 17.9. The fourth-order valence-electron chi connectivity index (χ4n) is 2.89. The summed E-state index contributed by atoms with van der Waals surface area (Å²) in [5.74, 6) is -2.62. The number of aliphatic carboxylic acids is 1. The van der Waals surface area contributed by atoms with Gasteiger partial charge in [0.05, 0.1) is 21.2 Å². The Morgan fingerprint density at radius 2 is 1.44 bits per heavy atom. The lowest BCUT2D eigenvalue weighted by Crippen LogP contribution is -2.31. The molecule has 2 aromatic carbocycles. The number of rotatable bonds is 8. The van der Waals surface area contributed by atoms with E-state index >= 15 is 0 Å². The Labute approximate surface area is 192 Å². The van der Waals surface area contributed by atoms with Gasteiger partial charge in [0, 0.05) is 30.2 Å². The number of nitrogens with zero attached hydrogens (tertiary/aromatic N) is 1. The third-order valence-corrected chi connectivity index (χ3v) is 5.08. The summed E-state index contributed by atoms with van der Waals surface area (Å²) in [4.78, 5) is 38.9. The second-order valence-electron chi connectivity index (χ2n) is 6.75. The Bertz CT molecular complexity index is 1130. The summed E-state index contributed by atoms with van der Waals surface area (Å²) >= 11 is 12.0. The molecule has 0 radical (unpaired) electrons. The van der Waals surface area contributed by atoms with Gasteiger partial charge in [0.15, 0.2) is 0 Å². The van der Waals surface area contributed by atoms with Crippen molar-refractivity contribution in [3.05, 3.63) is 87.7 Å². The van der Waals surface area contributed by atoms with Gasteiger partial charge in [-0.1, -0.05) is 35.3 Å². The molecule has 1 atom stereocenters. The number of carboxylic acid groups (broad SMARTS) is 2. The van der Waals surface area contributed by atoms with Gasteiger partial charge >= 0.3 is 11.9 Å². The number of aromatic nitrogens is 1. The van der Waals surface area contributed by atoms with Crippen LogP contribution in [0.2, 0.25) is 10.0 Å². The highest BCUT2D eigenvalue weighted by atomic mass is 35.5. The number of amides is 1. The fourth-order valence-corrected chi connectivity index (χ4v) is 3.43. The number of aromatic carboxylic acids is 1. The van der Waals surface area contributed by atoms with Crippen LogP contribution in [-0.2, 0) is 11.2 Å². The van der Waals surface area contributed by atoms with Gasteiger partial charge < -0.3 is 20.8 Å². The number of halogens is 2. The van der Waals surface area contributed by atoms with E-state index in [4.69, 9.17) is 28.3 Å². The summed E-state index contributed by atoms with van der Waals surface area (Å²) in [5, 5.41) is 24.3. The van der Waals surface area contributed by atoms with Crippen LogP contribution in [0.3, 0.4) is 0 Å². The van der Waals surface area contributed by atoms with E-state index in [2.05, 4.69) is 15.6 Å². The summed E-state index contributed by atoms with van der Waals surface area (Å²) in [7, 11) is 0. The summed E-state index contributed by atoms with van der Waals surface area (Å²) in [6, 6.07) is 11.5. The standard InChI is InChI=1S/C22H17Cl2N3O5/c23-16-10-25-11-17(24)19(16)20(28)27-15-5-1-12(2-6-15)9-18(22(31)32)26-14-7-3-13(4-8-14)21(29)30/h1-8,10-11,18,26H,9H2,(H,27,28)(H,29,30)(H,31,32). The van der Waals surface area contributed by atoms with Crippen LogP contribution in [0, 0.1) is 0 Å². The maximum atomic E-state index is 12.4. The molecule has 1 heterocycles. The highest BCUT2D eigenvalue weighted by molar-refractivity contribution is 6.40. The number of pyridine rings is 1. The van der Waals surface area contributed by atoms with E-state index in [1.54, 1.807) is 24.3 Å². The Morgan fingerprint density at radius 3 is 1.97 bits per heavy atom. The zero-order valence-electron chi connectivity index (χ0n) is 16.4. The second-order valence-corrected chi connectivity index (χ2v) is 7.57. The second kappa shape index (κ2) is 10.1. The third kappa shape index (κ3) is 5.75. The molecule has 10 heteroatoms. The maximum Gasteiger partial charge on any atom is 0.335 e. The molecular formula is C22H17Cl2N3O5. The Balaban J connectivity index is 1.67. The van der Waals surface area contributed by atoms with Crippen LogP contribution >= 0.6 is 23.2 Å². The number of benzene rings is 2. The van der Waals surface area contributed by atoms with Crippen molar-refractivity contribution < 1.29 is 24.6 Å². The first-order valence-electron chi connectivity index (χ1n) is 9.26. The molecule has 0 aliphatic carbocycles. The highest BCUT2D eigenvalue weighted by Gasteiger charge is 2.19. The summed E-state index contributed by atoms with van der Waals surface area (Å²) < 4.78 is 0. The van der Waals surface area contributed by atoms with E-state index in [1.807, 2.05) is 0 Å².